The van der Waals surface area contributed by atoms with Crippen molar-refractivity contribution in [2.45, 2.75) is 40.4 Å². The van der Waals surface area contributed by atoms with Crippen LogP contribution in [-0.2, 0) is 13.9 Å². The van der Waals surface area contributed by atoms with Crippen LogP contribution in [-0.4, -0.2) is 22.4 Å². The van der Waals surface area contributed by atoms with Crippen LogP contribution in [0.1, 0.15) is 34.6 Å². The summed E-state index contributed by atoms with van der Waals surface area (Å²) in [6, 6.07) is 0. The Morgan fingerprint density at radius 2 is 1.88 bits per heavy atom. The van der Waals surface area contributed by atoms with Crippen molar-refractivity contribution in [1.82, 2.24) is 0 Å². The van der Waals surface area contributed by atoms with Gasteiger partial charge in [0.15, 0.2) is 10.5 Å². The van der Waals surface area contributed by atoms with E-state index in [-0.39, 0.29) is 11.3 Å². The first-order valence-electron chi connectivity index (χ1n) is 5.23. The van der Waals surface area contributed by atoms with Gasteiger partial charge in [-0.3, -0.25) is 0 Å². The van der Waals surface area contributed by atoms with E-state index in [2.05, 4.69) is 32.1 Å². The van der Waals surface area contributed by atoms with Crippen LogP contribution in [0.15, 0.2) is 12.8 Å². The van der Waals surface area contributed by atoms with Crippen molar-refractivity contribution >= 4 is 16.6 Å². The van der Waals surface area contributed by atoms with Gasteiger partial charge in [-0.05, 0) is 5.41 Å². The van der Waals surface area contributed by atoms with Crippen LogP contribution in [0, 0.1) is 11.3 Å². The molecular weight excluding hydrogens is 224 g/mol. The Morgan fingerprint density at radius 3 is 2.19 bits per heavy atom. The monoisotopic (exact) mass is 246 g/mol. The van der Waals surface area contributed by atoms with Gasteiger partial charge in [-0.1, -0.05) is 34.3 Å². The fraction of sp³-hybridized carbons (Fsp3) is 0.727. The molecule has 0 aliphatic carbocycles. The van der Waals surface area contributed by atoms with E-state index in [0.29, 0.717) is 10.5 Å². The molecule has 0 spiro atoms. The normalized spacial score (nSPS) is 17.3. The SMILES string of the molecule is C=COC(=O)OC(C)(O[SiH3])C(C)C(C)(C)C. The maximum Gasteiger partial charge on any atom is 0.515 e. The molecule has 94 valence electrons. The molecule has 0 aromatic rings. The lowest BCUT2D eigenvalue weighted by Gasteiger charge is -2.40. The third-order valence-corrected chi connectivity index (χ3v) is 3.77. The van der Waals surface area contributed by atoms with Crippen LogP contribution in [0.25, 0.3) is 0 Å². The quantitative estimate of drug-likeness (QED) is 0.329. The fourth-order valence-electron chi connectivity index (χ4n) is 1.35. The second-order valence-electron chi connectivity index (χ2n) is 4.94. The van der Waals surface area contributed by atoms with Gasteiger partial charge in [0.1, 0.15) is 0 Å². The molecule has 0 aromatic heterocycles. The number of hydrogen-bond donors (Lipinski definition) is 0. The molecule has 0 heterocycles. The van der Waals surface area contributed by atoms with Gasteiger partial charge in [-0.15, -0.1) is 0 Å². The van der Waals surface area contributed by atoms with Gasteiger partial charge in [-0.2, -0.15) is 0 Å². The summed E-state index contributed by atoms with van der Waals surface area (Å²) in [5, 5.41) is 0. The lowest BCUT2D eigenvalue weighted by Crippen LogP contribution is -2.46. The molecule has 0 aliphatic rings. The summed E-state index contributed by atoms with van der Waals surface area (Å²) in [6.07, 6.45) is 0.252. The van der Waals surface area contributed by atoms with Crippen molar-refractivity contribution in [3.8, 4) is 0 Å². The highest BCUT2D eigenvalue weighted by Crippen LogP contribution is 2.37. The molecular formula is C11H22O4Si. The molecule has 0 rings (SSSR count). The zero-order valence-electron chi connectivity index (χ0n) is 11.0. The number of rotatable bonds is 4. The predicted molar refractivity (Wildman–Crippen MR) is 65.8 cm³/mol. The smallest absolute Gasteiger partial charge is 0.404 e. The van der Waals surface area contributed by atoms with Crippen molar-refractivity contribution in [3.63, 3.8) is 0 Å². The van der Waals surface area contributed by atoms with Gasteiger partial charge >= 0.3 is 6.16 Å². The van der Waals surface area contributed by atoms with E-state index < -0.39 is 11.9 Å². The Morgan fingerprint density at radius 1 is 1.38 bits per heavy atom. The van der Waals surface area contributed by atoms with E-state index in [0.717, 1.165) is 6.26 Å². The topological polar surface area (TPSA) is 44.8 Å². The van der Waals surface area contributed by atoms with E-state index in [1.165, 1.54) is 0 Å². The Labute approximate surface area is 100 Å². The summed E-state index contributed by atoms with van der Waals surface area (Å²) in [5.41, 5.74) is -0.0341. The average molecular weight is 246 g/mol. The van der Waals surface area contributed by atoms with Crippen LogP contribution in [0.2, 0.25) is 0 Å². The zero-order chi connectivity index (χ0) is 13.0. The maximum atomic E-state index is 11.3. The third kappa shape index (κ3) is 3.98. The molecule has 0 N–H and O–H groups in total. The maximum absolute atomic E-state index is 11.3. The molecule has 0 aromatic carbocycles. The highest BCUT2D eigenvalue weighted by atomic mass is 28.2. The van der Waals surface area contributed by atoms with Crippen molar-refractivity contribution in [2.75, 3.05) is 0 Å². The predicted octanol–water partition coefficient (Wildman–Crippen LogP) is 1.98. The van der Waals surface area contributed by atoms with Gasteiger partial charge in [0.05, 0.1) is 6.26 Å². The summed E-state index contributed by atoms with van der Waals surface area (Å²) in [6.45, 7) is 13.2. The van der Waals surface area contributed by atoms with Gasteiger partial charge in [-0.25, -0.2) is 4.79 Å². The van der Waals surface area contributed by atoms with E-state index in [1.807, 2.05) is 6.92 Å². The van der Waals surface area contributed by atoms with Gasteiger partial charge in [0.2, 0.25) is 5.79 Å². The molecule has 16 heavy (non-hydrogen) atoms. The summed E-state index contributed by atoms with van der Waals surface area (Å²) in [4.78, 5) is 11.3. The van der Waals surface area contributed by atoms with Crippen molar-refractivity contribution in [1.29, 1.82) is 0 Å². The first kappa shape index (κ1) is 15.2. The number of ether oxygens (including phenoxy) is 2. The summed E-state index contributed by atoms with van der Waals surface area (Å²) in [5.74, 6) is -0.917. The minimum Gasteiger partial charge on any atom is -0.404 e. The van der Waals surface area contributed by atoms with Crippen molar-refractivity contribution < 1.29 is 18.7 Å². The number of carbonyl (C=O) groups is 1. The molecule has 0 saturated carbocycles. The Kier molecular flexibility index (Phi) is 5.22. The van der Waals surface area contributed by atoms with Crippen LogP contribution in [0.5, 0.6) is 0 Å². The van der Waals surface area contributed by atoms with E-state index >= 15 is 0 Å². The van der Waals surface area contributed by atoms with E-state index in [1.54, 1.807) is 6.92 Å². The first-order chi connectivity index (χ1) is 7.17. The number of hydrogen-bond acceptors (Lipinski definition) is 4. The largest absolute Gasteiger partial charge is 0.515 e. The minimum atomic E-state index is -0.954. The summed E-state index contributed by atoms with van der Waals surface area (Å²) in [7, 11) is 0.479. The Balaban J connectivity index is 4.77. The van der Waals surface area contributed by atoms with Crippen molar-refractivity contribution in [3.05, 3.63) is 12.8 Å². The molecule has 0 fully saturated rings. The minimum absolute atomic E-state index is 0.0341. The summed E-state index contributed by atoms with van der Waals surface area (Å²) >= 11 is 0. The number of carbonyl (C=O) groups excluding carboxylic acids is 1. The third-order valence-electron chi connectivity index (χ3n) is 2.96. The zero-order valence-corrected chi connectivity index (χ0v) is 13.0. The second kappa shape index (κ2) is 5.50. The van der Waals surface area contributed by atoms with Crippen LogP contribution in [0.3, 0.4) is 0 Å². The lowest BCUT2D eigenvalue weighted by atomic mass is 9.77. The highest BCUT2D eigenvalue weighted by molar-refractivity contribution is 5.98. The molecule has 0 radical (unpaired) electrons. The molecule has 0 aliphatic heterocycles. The van der Waals surface area contributed by atoms with E-state index in [9.17, 15) is 4.79 Å². The molecule has 2 atom stereocenters. The molecule has 4 nitrogen and oxygen atoms in total. The summed E-state index contributed by atoms with van der Waals surface area (Å²) < 4.78 is 15.2. The molecule has 2 unspecified atom stereocenters. The lowest BCUT2D eigenvalue weighted by molar-refractivity contribution is -0.190. The van der Waals surface area contributed by atoms with Gasteiger partial charge in [0, 0.05) is 12.8 Å². The molecule has 0 saturated heterocycles. The van der Waals surface area contributed by atoms with Gasteiger partial charge < -0.3 is 13.9 Å². The Bertz CT molecular complexity index is 259. The standard InChI is InChI=1S/C11H22O4Si/c1-7-13-9(12)14-11(6,15-16)8(2)10(3,4)5/h7-8H,1H2,2-6,16H3. The molecule has 0 bridgehead atoms. The molecule has 0 amide bonds. The first-order valence-corrected chi connectivity index (χ1v) is 6.04. The van der Waals surface area contributed by atoms with Crippen LogP contribution >= 0.6 is 0 Å². The van der Waals surface area contributed by atoms with Crippen molar-refractivity contribution in [2.24, 2.45) is 11.3 Å². The van der Waals surface area contributed by atoms with Gasteiger partial charge in [0.25, 0.3) is 0 Å². The second-order valence-corrected chi connectivity index (χ2v) is 5.35. The van der Waals surface area contributed by atoms with Crippen LogP contribution < -0.4 is 0 Å². The Hall–Kier alpha value is -0.813. The van der Waals surface area contributed by atoms with Crippen LogP contribution in [0.4, 0.5) is 4.79 Å². The highest BCUT2D eigenvalue weighted by Gasteiger charge is 2.41. The molecule has 5 heteroatoms. The fourth-order valence-corrected chi connectivity index (χ4v) is 1.79. The average Bonchev–Trinajstić information content (AvgIpc) is 2.15. The van der Waals surface area contributed by atoms with E-state index in [4.69, 9.17) is 9.16 Å².